The molecule has 0 radical (unpaired) electrons. The van der Waals surface area contributed by atoms with Crippen molar-refractivity contribution < 1.29 is 4.79 Å². The lowest BCUT2D eigenvalue weighted by Gasteiger charge is -2.61. The molecule has 1 amide bonds. The third-order valence-corrected chi connectivity index (χ3v) is 7.59. The summed E-state index contributed by atoms with van der Waals surface area (Å²) in [7, 11) is 0. The summed E-state index contributed by atoms with van der Waals surface area (Å²) < 4.78 is 0. The Morgan fingerprint density at radius 2 is 1.89 bits per heavy atom. The lowest BCUT2D eigenvalue weighted by atomic mass is 9.50. The standard InChI is InChI=1S/C20H32N6O/c1-13(18(27)21-17-5-3-4-6-17)22-19-8-15-7-16(9-19)11-20(10-15,12-19)26-24-14(2)23-25-26/h13,15-17,22H,3-12H2,1-2H3,(H,21,27). The summed E-state index contributed by atoms with van der Waals surface area (Å²) in [5, 5.41) is 20.2. The van der Waals surface area contributed by atoms with Crippen LogP contribution in [0, 0.1) is 18.8 Å². The molecule has 1 aromatic heterocycles. The predicted octanol–water partition coefficient (Wildman–Crippen LogP) is 2.07. The Labute approximate surface area is 161 Å². The number of amides is 1. The van der Waals surface area contributed by atoms with Crippen molar-refractivity contribution in [2.45, 2.75) is 101 Å². The fourth-order valence-corrected chi connectivity index (χ4v) is 7.02. The minimum Gasteiger partial charge on any atom is -0.352 e. The molecule has 1 aromatic rings. The number of hydrogen-bond acceptors (Lipinski definition) is 5. The summed E-state index contributed by atoms with van der Waals surface area (Å²) in [5.41, 5.74) is 0.0258. The minimum atomic E-state index is -0.149. The number of carbonyl (C=O) groups excluding carboxylic acids is 1. The van der Waals surface area contributed by atoms with Gasteiger partial charge in [-0.1, -0.05) is 12.8 Å². The Morgan fingerprint density at radius 1 is 1.19 bits per heavy atom. The van der Waals surface area contributed by atoms with Crippen molar-refractivity contribution in [2.75, 3.05) is 0 Å². The zero-order valence-corrected chi connectivity index (χ0v) is 16.6. The van der Waals surface area contributed by atoms with Crippen molar-refractivity contribution in [1.29, 1.82) is 0 Å². The molecule has 5 fully saturated rings. The maximum absolute atomic E-state index is 12.8. The number of nitrogens with one attached hydrogen (secondary N) is 2. The second-order valence-corrected chi connectivity index (χ2v) is 9.95. The van der Waals surface area contributed by atoms with Crippen molar-refractivity contribution in [3.05, 3.63) is 5.82 Å². The van der Waals surface area contributed by atoms with Crippen LogP contribution in [0.1, 0.15) is 77.0 Å². The number of carbonyl (C=O) groups is 1. The highest BCUT2D eigenvalue weighted by Crippen LogP contribution is 2.60. The molecule has 0 saturated heterocycles. The SMILES string of the molecule is Cc1nnn(C23CC4CC(CC(NC(C)C(=O)NC5CCCC5)(C4)C2)C3)n1. The van der Waals surface area contributed by atoms with Crippen LogP contribution in [0.15, 0.2) is 0 Å². The summed E-state index contributed by atoms with van der Waals surface area (Å²) >= 11 is 0. The van der Waals surface area contributed by atoms with Crippen molar-refractivity contribution in [2.24, 2.45) is 11.8 Å². The number of rotatable bonds is 5. The van der Waals surface area contributed by atoms with Crippen molar-refractivity contribution in [3.8, 4) is 0 Å². The Hall–Kier alpha value is -1.50. The predicted molar refractivity (Wildman–Crippen MR) is 101 cm³/mol. The molecule has 148 valence electrons. The first-order chi connectivity index (χ1) is 13.0. The van der Waals surface area contributed by atoms with Gasteiger partial charge in [0.05, 0.1) is 11.6 Å². The van der Waals surface area contributed by atoms with E-state index >= 15 is 0 Å². The molecule has 7 nitrogen and oxygen atoms in total. The van der Waals surface area contributed by atoms with Crippen LogP contribution in [-0.2, 0) is 10.3 Å². The van der Waals surface area contributed by atoms with Crippen LogP contribution >= 0.6 is 0 Å². The monoisotopic (exact) mass is 372 g/mol. The van der Waals surface area contributed by atoms with Gasteiger partial charge in [0.25, 0.3) is 0 Å². The van der Waals surface area contributed by atoms with E-state index in [0.29, 0.717) is 17.9 Å². The van der Waals surface area contributed by atoms with Gasteiger partial charge in [0.2, 0.25) is 5.91 Å². The van der Waals surface area contributed by atoms with Gasteiger partial charge in [0, 0.05) is 11.6 Å². The van der Waals surface area contributed by atoms with Crippen LogP contribution in [0.3, 0.4) is 0 Å². The summed E-state index contributed by atoms with van der Waals surface area (Å²) in [6.45, 7) is 3.95. The van der Waals surface area contributed by atoms with E-state index in [4.69, 9.17) is 0 Å². The fourth-order valence-electron chi connectivity index (χ4n) is 7.02. The third kappa shape index (κ3) is 3.08. The topological polar surface area (TPSA) is 84.7 Å². The minimum absolute atomic E-state index is 0.0139. The molecular formula is C20H32N6O. The number of aryl methyl sites for hydroxylation is 1. The molecule has 0 aromatic carbocycles. The Kier molecular flexibility index (Phi) is 4.08. The average Bonchev–Trinajstić information content (AvgIpc) is 3.25. The highest BCUT2D eigenvalue weighted by Gasteiger charge is 2.60. The lowest BCUT2D eigenvalue weighted by molar-refractivity contribution is -0.127. The van der Waals surface area contributed by atoms with Gasteiger partial charge in [-0.05, 0) is 82.3 Å². The number of tetrazole rings is 1. The van der Waals surface area contributed by atoms with Crippen LogP contribution in [0.4, 0.5) is 0 Å². The van der Waals surface area contributed by atoms with E-state index in [1.165, 1.54) is 32.1 Å². The van der Waals surface area contributed by atoms with Crippen LogP contribution in [-0.4, -0.2) is 43.7 Å². The smallest absolute Gasteiger partial charge is 0.237 e. The van der Waals surface area contributed by atoms with E-state index in [0.717, 1.165) is 37.9 Å². The van der Waals surface area contributed by atoms with Crippen molar-refractivity contribution >= 4 is 5.91 Å². The van der Waals surface area contributed by atoms with Gasteiger partial charge in [-0.25, -0.2) is 0 Å². The van der Waals surface area contributed by atoms with E-state index in [1.54, 1.807) is 0 Å². The number of aromatic nitrogens is 4. The van der Waals surface area contributed by atoms with E-state index < -0.39 is 0 Å². The van der Waals surface area contributed by atoms with Crippen LogP contribution in [0.2, 0.25) is 0 Å². The van der Waals surface area contributed by atoms with Gasteiger partial charge < -0.3 is 10.6 Å². The molecule has 3 atom stereocenters. The van der Waals surface area contributed by atoms with Crippen LogP contribution in [0.25, 0.3) is 0 Å². The molecular weight excluding hydrogens is 340 g/mol. The molecule has 1 heterocycles. The zero-order chi connectivity index (χ0) is 18.6. The van der Waals surface area contributed by atoms with Crippen molar-refractivity contribution in [1.82, 2.24) is 30.8 Å². The first kappa shape index (κ1) is 17.6. The number of hydrogen-bond donors (Lipinski definition) is 2. The van der Waals surface area contributed by atoms with E-state index in [9.17, 15) is 4.79 Å². The summed E-state index contributed by atoms with van der Waals surface area (Å²) in [6, 6.07) is 0.233. The maximum Gasteiger partial charge on any atom is 0.237 e. The quantitative estimate of drug-likeness (QED) is 0.826. The molecule has 3 unspecified atom stereocenters. The second-order valence-electron chi connectivity index (χ2n) is 9.95. The molecule has 27 heavy (non-hydrogen) atoms. The van der Waals surface area contributed by atoms with E-state index in [2.05, 4.69) is 26.0 Å². The first-order valence-electron chi connectivity index (χ1n) is 10.8. The lowest BCUT2D eigenvalue weighted by Crippen LogP contribution is -2.67. The molecule has 5 aliphatic rings. The summed E-state index contributed by atoms with van der Waals surface area (Å²) in [4.78, 5) is 14.7. The summed E-state index contributed by atoms with van der Waals surface area (Å²) in [5.74, 6) is 2.32. The van der Waals surface area contributed by atoms with Gasteiger partial charge in [-0.15, -0.1) is 10.2 Å². The first-order valence-corrected chi connectivity index (χ1v) is 10.8. The Bertz CT molecular complexity index is 710. The zero-order valence-electron chi connectivity index (χ0n) is 16.6. The second kappa shape index (κ2) is 6.26. The average molecular weight is 373 g/mol. The van der Waals surface area contributed by atoms with Gasteiger partial charge >= 0.3 is 0 Å². The van der Waals surface area contributed by atoms with Gasteiger partial charge in [0.15, 0.2) is 5.82 Å². The Balaban J connectivity index is 1.33. The molecule has 5 saturated carbocycles. The molecule has 5 aliphatic carbocycles. The molecule has 4 bridgehead atoms. The molecule has 0 aliphatic heterocycles. The Morgan fingerprint density at radius 3 is 2.52 bits per heavy atom. The van der Waals surface area contributed by atoms with Gasteiger partial charge in [0.1, 0.15) is 0 Å². The molecule has 0 spiro atoms. The molecule has 6 rings (SSSR count). The highest BCUT2D eigenvalue weighted by molar-refractivity contribution is 5.81. The molecule has 2 N–H and O–H groups in total. The normalized spacial score (nSPS) is 39.0. The van der Waals surface area contributed by atoms with Gasteiger partial charge in [-0.2, -0.15) is 4.80 Å². The van der Waals surface area contributed by atoms with Crippen LogP contribution < -0.4 is 10.6 Å². The van der Waals surface area contributed by atoms with Crippen LogP contribution in [0.5, 0.6) is 0 Å². The number of nitrogens with zero attached hydrogens (tertiary/aromatic N) is 4. The van der Waals surface area contributed by atoms with Gasteiger partial charge in [-0.3, -0.25) is 4.79 Å². The third-order valence-electron chi connectivity index (χ3n) is 7.59. The van der Waals surface area contributed by atoms with Crippen molar-refractivity contribution in [3.63, 3.8) is 0 Å². The largest absolute Gasteiger partial charge is 0.352 e. The maximum atomic E-state index is 12.8. The molecule has 7 heteroatoms. The summed E-state index contributed by atoms with van der Waals surface area (Å²) in [6.07, 6.45) is 11.8. The fraction of sp³-hybridized carbons (Fsp3) is 0.900. The van der Waals surface area contributed by atoms with E-state index in [-0.39, 0.29) is 23.0 Å². The highest BCUT2D eigenvalue weighted by atomic mass is 16.2. The van der Waals surface area contributed by atoms with E-state index in [1.807, 2.05) is 18.6 Å².